The number of carbonyl (C=O) groups is 1. The predicted molar refractivity (Wildman–Crippen MR) is 113 cm³/mol. The Kier molecular flexibility index (Phi) is 5.53. The molecule has 0 bridgehead atoms. The number of hydrogen-bond donors (Lipinski definition) is 3. The van der Waals surface area contributed by atoms with E-state index in [0.29, 0.717) is 17.4 Å². The number of amides is 1. The van der Waals surface area contributed by atoms with E-state index in [1.165, 1.54) is 24.3 Å². The molecule has 0 spiro atoms. The molecule has 0 atom stereocenters. The molecule has 9 heteroatoms. The quantitative estimate of drug-likeness (QED) is 0.419. The minimum absolute atomic E-state index is 0.0482. The number of anilines is 1. The van der Waals surface area contributed by atoms with Crippen LogP contribution in [0.15, 0.2) is 77.7 Å². The fourth-order valence-corrected chi connectivity index (χ4v) is 4.10. The van der Waals surface area contributed by atoms with Crippen LogP contribution in [0, 0.1) is 11.6 Å². The second-order valence-corrected chi connectivity index (χ2v) is 8.62. The number of nitrogens with one attached hydrogen (secondary N) is 3. The van der Waals surface area contributed by atoms with Crippen molar-refractivity contribution >= 4 is 32.5 Å². The number of carbonyl (C=O) groups excluding carboxylic acids is 1. The number of para-hydroxylation sites is 1. The zero-order chi connectivity index (χ0) is 22.0. The Hall–Kier alpha value is -3.56. The molecule has 0 aliphatic carbocycles. The number of rotatable bonds is 6. The largest absolute Gasteiger partial charge is 0.351 e. The zero-order valence-electron chi connectivity index (χ0n) is 16.0. The van der Waals surface area contributed by atoms with Gasteiger partial charge in [0.15, 0.2) is 0 Å². The Morgan fingerprint density at radius 1 is 0.903 bits per heavy atom. The van der Waals surface area contributed by atoms with Gasteiger partial charge in [0.1, 0.15) is 17.3 Å². The van der Waals surface area contributed by atoms with Gasteiger partial charge >= 0.3 is 0 Å². The summed E-state index contributed by atoms with van der Waals surface area (Å²) in [7, 11) is -3.91. The first-order chi connectivity index (χ1) is 14.8. The van der Waals surface area contributed by atoms with Crippen LogP contribution >= 0.6 is 0 Å². The number of hydrogen-bond acceptors (Lipinski definition) is 3. The third kappa shape index (κ3) is 4.79. The van der Waals surface area contributed by atoms with Crippen LogP contribution in [0.25, 0.3) is 10.9 Å². The Balaban J connectivity index is 1.43. The number of benzene rings is 3. The molecule has 1 amide bonds. The van der Waals surface area contributed by atoms with Crippen LogP contribution < -0.4 is 10.0 Å². The second-order valence-electron chi connectivity index (χ2n) is 6.85. The van der Waals surface area contributed by atoms with Crippen LogP contribution in [0.5, 0.6) is 0 Å². The lowest BCUT2D eigenvalue weighted by Crippen LogP contribution is -2.23. The van der Waals surface area contributed by atoms with Gasteiger partial charge in [-0.25, -0.2) is 21.9 Å². The van der Waals surface area contributed by atoms with E-state index in [4.69, 9.17) is 0 Å². The molecule has 158 valence electrons. The van der Waals surface area contributed by atoms with Gasteiger partial charge in [-0.1, -0.05) is 18.2 Å². The van der Waals surface area contributed by atoms with Gasteiger partial charge in [0.2, 0.25) is 10.0 Å². The van der Waals surface area contributed by atoms with Gasteiger partial charge < -0.3 is 10.3 Å². The van der Waals surface area contributed by atoms with Crippen LogP contribution in [-0.2, 0) is 16.6 Å². The lowest BCUT2D eigenvalue weighted by atomic mass is 10.2. The molecule has 1 heterocycles. The average Bonchev–Trinajstić information content (AvgIpc) is 3.17. The normalized spacial score (nSPS) is 11.5. The number of aromatic nitrogens is 1. The van der Waals surface area contributed by atoms with E-state index in [-0.39, 0.29) is 22.9 Å². The number of fused-ring (bicyclic) bond motifs is 1. The summed E-state index contributed by atoms with van der Waals surface area (Å²) in [4.78, 5) is 15.4. The highest BCUT2D eigenvalue weighted by molar-refractivity contribution is 7.89. The van der Waals surface area contributed by atoms with Crippen molar-refractivity contribution in [3.8, 4) is 0 Å². The van der Waals surface area contributed by atoms with E-state index < -0.39 is 21.7 Å². The zero-order valence-corrected chi connectivity index (χ0v) is 16.8. The first-order valence-corrected chi connectivity index (χ1v) is 10.7. The fourth-order valence-electron chi connectivity index (χ4n) is 3.09. The molecule has 0 saturated heterocycles. The van der Waals surface area contributed by atoms with Gasteiger partial charge in [0.05, 0.1) is 4.90 Å². The minimum Gasteiger partial charge on any atom is -0.351 e. The van der Waals surface area contributed by atoms with E-state index in [1.807, 2.05) is 24.3 Å². The highest BCUT2D eigenvalue weighted by Crippen LogP contribution is 2.18. The molecule has 4 rings (SSSR count). The van der Waals surface area contributed by atoms with E-state index >= 15 is 0 Å². The fraction of sp³-hybridized carbons (Fsp3) is 0.0455. The molecule has 0 radical (unpaired) electrons. The number of halogens is 2. The van der Waals surface area contributed by atoms with Crippen molar-refractivity contribution in [3.63, 3.8) is 0 Å². The lowest BCUT2D eigenvalue weighted by molar-refractivity contribution is 0.102. The number of sulfonamides is 1. The summed E-state index contributed by atoms with van der Waals surface area (Å²) in [6.45, 7) is -0.268. The van der Waals surface area contributed by atoms with Gasteiger partial charge in [-0.05, 0) is 54.1 Å². The Morgan fingerprint density at radius 3 is 2.26 bits per heavy atom. The minimum atomic E-state index is -3.91. The first-order valence-electron chi connectivity index (χ1n) is 9.24. The maximum absolute atomic E-state index is 13.2. The molecular weight excluding hydrogens is 424 g/mol. The van der Waals surface area contributed by atoms with Crippen molar-refractivity contribution in [1.82, 2.24) is 9.71 Å². The Bertz CT molecular complexity index is 1310. The van der Waals surface area contributed by atoms with Gasteiger partial charge in [-0.2, -0.15) is 0 Å². The molecule has 0 saturated carbocycles. The summed E-state index contributed by atoms with van der Waals surface area (Å²) in [6.07, 6.45) is 0. The summed E-state index contributed by atoms with van der Waals surface area (Å²) >= 11 is 0. The molecular formula is C22H17F2N3O3S. The van der Waals surface area contributed by atoms with Crippen molar-refractivity contribution < 1.29 is 22.0 Å². The second kappa shape index (κ2) is 8.29. The van der Waals surface area contributed by atoms with Gasteiger partial charge in [-0.3, -0.25) is 4.79 Å². The maximum atomic E-state index is 13.2. The molecule has 3 aromatic carbocycles. The van der Waals surface area contributed by atoms with Crippen LogP contribution in [0.3, 0.4) is 0 Å². The number of aromatic amines is 1. The molecule has 0 aliphatic heterocycles. The Labute approximate surface area is 177 Å². The summed E-state index contributed by atoms with van der Waals surface area (Å²) in [5, 5.41) is 3.60. The van der Waals surface area contributed by atoms with E-state index in [2.05, 4.69) is 15.0 Å². The van der Waals surface area contributed by atoms with Crippen molar-refractivity contribution in [1.29, 1.82) is 0 Å². The van der Waals surface area contributed by atoms with Gasteiger partial charge in [0, 0.05) is 29.2 Å². The third-order valence-electron chi connectivity index (χ3n) is 4.59. The van der Waals surface area contributed by atoms with Crippen LogP contribution in [0.4, 0.5) is 14.5 Å². The monoisotopic (exact) mass is 441 g/mol. The highest BCUT2D eigenvalue weighted by Gasteiger charge is 2.15. The third-order valence-corrected chi connectivity index (χ3v) is 6.00. The van der Waals surface area contributed by atoms with E-state index in [9.17, 15) is 22.0 Å². The topological polar surface area (TPSA) is 91.1 Å². The molecule has 4 aromatic rings. The van der Waals surface area contributed by atoms with E-state index in [0.717, 1.165) is 23.0 Å². The van der Waals surface area contributed by atoms with Crippen molar-refractivity contribution in [3.05, 3.63) is 95.7 Å². The molecule has 1 aromatic heterocycles. The van der Waals surface area contributed by atoms with Crippen molar-refractivity contribution in [2.24, 2.45) is 0 Å². The smallest absolute Gasteiger partial charge is 0.272 e. The first kappa shape index (κ1) is 20.7. The van der Waals surface area contributed by atoms with Crippen molar-refractivity contribution in [2.45, 2.75) is 11.4 Å². The summed E-state index contributed by atoms with van der Waals surface area (Å²) in [5.41, 5.74) is 1.78. The Morgan fingerprint density at radius 2 is 1.58 bits per heavy atom. The van der Waals surface area contributed by atoms with Crippen molar-refractivity contribution in [2.75, 3.05) is 5.32 Å². The standard InChI is InChI=1S/C22H17F2N3O3S/c23-16-9-14(10-17(24)12-16)13-25-31(29,30)19-7-5-18(6-8-19)26-22(28)21-11-15-3-1-2-4-20(15)27-21/h1-12,25,27H,13H2,(H,26,28). The van der Waals surface area contributed by atoms with E-state index in [1.54, 1.807) is 6.07 Å². The molecule has 0 aliphatic rings. The summed E-state index contributed by atoms with van der Waals surface area (Å²) in [5.74, 6) is -1.94. The summed E-state index contributed by atoms with van der Waals surface area (Å²) < 4.78 is 53.7. The van der Waals surface area contributed by atoms with Crippen LogP contribution in [-0.4, -0.2) is 19.3 Å². The maximum Gasteiger partial charge on any atom is 0.272 e. The number of H-pyrrole nitrogens is 1. The molecule has 0 fully saturated rings. The van der Waals surface area contributed by atoms with Crippen LogP contribution in [0.1, 0.15) is 16.1 Å². The molecule has 31 heavy (non-hydrogen) atoms. The highest BCUT2D eigenvalue weighted by atomic mass is 32.2. The average molecular weight is 441 g/mol. The van der Waals surface area contributed by atoms with Gasteiger partial charge in [-0.15, -0.1) is 0 Å². The molecule has 0 unspecified atom stereocenters. The molecule has 3 N–H and O–H groups in total. The SMILES string of the molecule is O=C(Nc1ccc(S(=O)(=O)NCc2cc(F)cc(F)c2)cc1)c1cc2ccccc2[nH]1. The van der Waals surface area contributed by atoms with Gasteiger partial charge in [0.25, 0.3) is 5.91 Å². The lowest BCUT2D eigenvalue weighted by Gasteiger charge is -2.09. The van der Waals surface area contributed by atoms with Crippen LogP contribution in [0.2, 0.25) is 0 Å². The predicted octanol–water partition coefficient (Wildman–Crippen LogP) is 4.18. The molecule has 6 nitrogen and oxygen atoms in total. The summed E-state index contributed by atoms with van der Waals surface area (Å²) in [6, 6.07) is 17.6.